The van der Waals surface area contributed by atoms with E-state index in [1.807, 2.05) is 12.1 Å². The lowest BCUT2D eigenvalue weighted by molar-refractivity contribution is 0.0599. The van der Waals surface area contributed by atoms with Crippen molar-refractivity contribution in [1.82, 2.24) is 4.90 Å². The summed E-state index contributed by atoms with van der Waals surface area (Å²) in [7, 11) is 1.35. The molecule has 1 aromatic rings. The van der Waals surface area contributed by atoms with Gasteiger partial charge in [0.25, 0.3) is 0 Å². The van der Waals surface area contributed by atoms with Crippen molar-refractivity contribution >= 4 is 11.7 Å². The van der Waals surface area contributed by atoms with Crippen molar-refractivity contribution in [3.63, 3.8) is 0 Å². The topological polar surface area (TPSA) is 75.8 Å². The van der Waals surface area contributed by atoms with Crippen molar-refractivity contribution < 1.29 is 14.6 Å². The first-order valence-electron chi connectivity index (χ1n) is 6.48. The van der Waals surface area contributed by atoms with Gasteiger partial charge in [-0.05, 0) is 24.5 Å². The maximum atomic E-state index is 11.8. The molecule has 1 aliphatic rings. The molecule has 0 amide bonds. The largest absolute Gasteiger partial charge is 0.465 e. The molecule has 0 heterocycles. The zero-order valence-corrected chi connectivity index (χ0v) is 11.1. The molecule has 0 aliphatic heterocycles. The van der Waals surface area contributed by atoms with Crippen LogP contribution in [-0.2, 0) is 11.3 Å². The number of hydrogen-bond acceptors (Lipinski definition) is 5. The summed E-state index contributed by atoms with van der Waals surface area (Å²) < 4.78 is 4.79. The van der Waals surface area contributed by atoms with Gasteiger partial charge < -0.3 is 15.6 Å². The van der Waals surface area contributed by atoms with Gasteiger partial charge in [-0.15, -0.1) is 0 Å². The van der Waals surface area contributed by atoms with Gasteiger partial charge in [0.15, 0.2) is 0 Å². The Balaban J connectivity index is 2.23. The smallest absolute Gasteiger partial charge is 0.340 e. The Morgan fingerprint density at radius 1 is 1.53 bits per heavy atom. The third-order valence-corrected chi connectivity index (χ3v) is 3.40. The number of carbonyl (C=O) groups is 1. The van der Waals surface area contributed by atoms with E-state index < -0.39 is 5.97 Å². The number of hydrogen-bond donors (Lipinski definition) is 2. The second-order valence-electron chi connectivity index (χ2n) is 4.80. The quantitative estimate of drug-likeness (QED) is 0.592. The van der Waals surface area contributed by atoms with Gasteiger partial charge in [-0.25, -0.2) is 4.79 Å². The summed E-state index contributed by atoms with van der Waals surface area (Å²) in [5.41, 5.74) is 7.60. The van der Waals surface area contributed by atoms with Crippen LogP contribution in [0, 0.1) is 0 Å². The summed E-state index contributed by atoms with van der Waals surface area (Å²) in [5, 5.41) is 9.11. The Morgan fingerprint density at radius 3 is 2.84 bits per heavy atom. The first kappa shape index (κ1) is 13.8. The Kier molecular flexibility index (Phi) is 4.39. The second kappa shape index (κ2) is 6.04. The van der Waals surface area contributed by atoms with Crippen molar-refractivity contribution in [2.24, 2.45) is 0 Å². The summed E-state index contributed by atoms with van der Waals surface area (Å²) in [4.78, 5) is 14.0. The average molecular weight is 264 g/mol. The number of esters is 1. The van der Waals surface area contributed by atoms with Crippen LogP contribution in [0.2, 0.25) is 0 Å². The van der Waals surface area contributed by atoms with Crippen LogP contribution in [0.25, 0.3) is 0 Å². The van der Waals surface area contributed by atoms with E-state index in [2.05, 4.69) is 4.90 Å². The maximum absolute atomic E-state index is 11.8. The number of nitrogens with zero attached hydrogens (tertiary/aromatic N) is 1. The molecule has 0 radical (unpaired) electrons. The highest BCUT2D eigenvalue weighted by atomic mass is 16.5. The molecule has 0 bridgehead atoms. The van der Waals surface area contributed by atoms with E-state index in [1.54, 1.807) is 6.07 Å². The number of ether oxygens (including phenoxy) is 1. The molecule has 2 rings (SSSR count). The summed E-state index contributed by atoms with van der Waals surface area (Å²) in [6, 6.07) is 5.93. The number of benzene rings is 1. The van der Waals surface area contributed by atoms with Gasteiger partial charge in [0.05, 0.1) is 19.3 Å². The van der Waals surface area contributed by atoms with Gasteiger partial charge in [-0.2, -0.15) is 0 Å². The van der Waals surface area contributed by atoms with E-state index in [9.17, 15) is 4.79 Å². The van der Waals surface area contributed by atoms with Gasteiger partial charge in [-0.3, -0.25) is 4.90 Å². The maximum Gasteiger partial charge on any atom is 0.340 e. The van der Waals surface area contributed by atoms with Gasteiger partial charge in [0.2, 0.25) is 0 Å². The first-order valence-corrected chi connectivity index (χ1v) is 6.48. The molecule has 0 spiro atoms. The number of nitrogens with two attached hydrogens (primary N) is 1. The number of anilines is 1. The van der Waals surface area contributed by atoms with Crippen LogP contribution in [0.5, 0.6) is 0 Å². The molecule has 0 saturated heterocycles. The lowest BCUT2D eigenvalue weighted by Crippen LogP contribution is -2.29. The van der Waals surface area contributed by atoms with Crippen LogP contribution in [0.3, 0.4) is 0 Å². The monoisotopic (exact) mass is 264 g/mol. The van der Waals surface area contributed by atoms with Gasteiger partial charge in [0, 0.05) is 24.8 Å². The molecule has 104 valence electrons. The van der Waals surface area contributed by atoms with Gasteiger partial charge >= 0.3 is 5.97 Å². The summed E-state index contributed by atoms with van der Waals surface area (Å²) >= 11 is 0. The van der Waals surface area contributed by atoms with Crippen LogP contribution in [-0.4, -0.2) is 42.3 Å². The van der Waals surface area contributed by atoms with Crippen LogP contribution in [0.15, 0.2) is 18.2 Å². The highest BCUT2D eigenvalue weighted by Gasteiger charge is 2.29. The number of aliphatic hydroxyl groups excluding tert-OH is 1. The van der Waals surface area contributed by atoms with E-state index in [0.29, 0.717) is 30.4 Å². The van der Waals surface area contributed by atoms with Crippen molar-refractivity contribution in [3.05, 3.63) is 29.3 Å². The molecule has 1 aromatic carbocycles. The molecule has 0 aromatic heterocycles. The lowest BCUT2D eigenvalue weighted by atomic mass is 10.0. The number of carbonyl (C=O) groups excluding carboxylic acids is 1. The molecule has 0 unspecified atom stereocenters. The van der Waals surface area contributed by atoms with E-state index in [-0.39, 0.29) is 6.61 Å². The lowest BCUT2D eigenvalue weighted by Gasteiger charge is -2.22. The van der Waals surface area contributed by atoms with Crippen molar-refractivity contribution in [3.8, 4) is 0 Å². The first-order chi connectivity index (χ1) is 9.17. The van der Waals surface area contributed by atoms with Crippen LogP contribution in [0.1, 0.15) is 28.8 Å². The minimum atomic E-state index is -0.409. The molecule has 5 heteroatoms. The number of nitrogen functional groups attached to an aromatic ring is 1. The van der Waals surface area contributed by atoms with E-state index in [0.717, 1.165) is 18.4 Å². The predicted octanol–water partition coefficient (Wildman–Crippen LogP) is 1.01. The van der Waals surface area contributed by atoms with Crippen molar-refractivity contribution in [2.75, 3.05) is 26.0 Å². The molecular weight excluding hydrogens is 244 g/mol. The highest BCUT2D eigenvalue weighted by molar-refractivity contribution is 5.96. The molecule has 0 atom stereocenters. The van der Waals surface area contributed by atoms with E-state index >= 15 is 0 Å². The SMILES string of the molecule is COC(=O)c1c(N)cccc1CN(CCO)C1CC1. The normalized spacial score (nSPS) is 14.7. The fraction of sp³-hybridized carbons (Fsp3) is 0.500. The molecule has 1 saturated carbocycles. The Morgan fingerprint density at radius 2 is 2.26 bits per heavy atom. The van der Waals surface area contributed by atoms with E-state index in [1.165, 1.54) is 7.11 Å². The van der Waals surface area contributed by atoms with Crippen LogP contribution >= 0.6 is 0 Å². The molecular formula is C14H20N2O3. The highest BCUT2D eigenvalue weighted by Crippen LogP contribution is 2.29. The van der Waals surface area contributed by atoms with Gasteiger partial charge in [-0.1, -0.05) is 12.1 Å². The van der Waals surface area contributed by atoms with Gasteiger partial charge in [0.1, 0.15) is 0 Å². The Labute approximate surface area is 113 Å². The van der Waals surface area contributed by atoms with Crippen molar-refractivity contribution in [1.29, 1.82) is 0 Å². The molecule has 1 aliphatic carbocycles. The molecule has 5 nitrogen and oxygen atoms in total. The third-order valence-electron chi connectivity index (χ3n) is 3.40. The summed E-state index contributed by atoms with van der Waals surface area (Å²) in [6.45, 7) is 1.34. The average Bonchev–Trinajstić information content (AvgIpc) is 3.22. The summed E-state index contributed by atoms with van der Waals surface area (Å²) in [5.74, 6) is -0.409. The Hall–Kier alpha value is -1.59. The van der Waals surface area contributed by atoms with Crippen LogP contribution < -0.4 is 5.73 Å². The van der Waals surface area contributed by atoms with Crippen molar-refractivity contribution in [2.45, 2.75) is 25.4 Å². The van der Waals surface area contributed by atoms with Crippen LogP contribution in [0.4, 0.5) is 5.69 Å². The molecule has 19 heavy (non-hydrogen) atoms. The number of aliphatic hydroxyl groups is 1. The minimum Gasteiger partial charge on any atom is -0.465 e. The fourth-order valence-electron chi connectivity index (χ4n) is 2.28. The minimum absolute atomic E-state index is 0.117. The summed E-state index contributed by atoms with van der Waals surface area (Å²) in [6.07, 6.45) is 2.30. The molecule has 1 fully saturated rings. The third kappa shape index (κ3) is 3.24. The number of rotatable bonds is 6. The predicted molar refractivity (Wildman–Crippen MR) is 72.7 cm³/mol. The number of methoxy groups -OCH3 is 1. The zero-order valence-electron chi connectivity index (χ0n) is 11.1. The fourth-order valence-corrected chi connectivity index (χ4v) is 2.28. The Bertz CT molecular complexity index is 458. The second-order valence-corrected chi connectivity index (χ2v) is 4.80. The van der Waals surface area contributed by atoms with E-state index in [4.69, 9.17) is 15.6 Å². The molecule has 3 N–H and O–H groups in total. The standard InChI is InChI=1S/C14H20N2O3/c1-19-14(18)13-10(3-2-4-12(13)15)9-16(7-8-17)11-5-6-11/h2-4,11,17H,5-9,15H2,1H3. The zero-order chi connectivity index (χ0) is 13.8.